The van der Waals surface area contributed by atoms with Crippen molar-refractivity contribution in [3.63, 3.8) is 0 Å². The van der Waals surface area contributed by atoms with Gasteiger partial charge in [0.25, 0.3) is 0 Å². The summed E-state index contributed by atoms with van der Waals surface area (Å²) < 4.78 is 5.23. The molecule has 1 amide bonds. The molecule has 21 heavy (non-hydrogen) atoms. The van der Waals surface area contributed by atoms with E-state index in [1.165, 1.54) is 0 Å². The van der Waals surface area contributed by atoms with Crippen LogP contribution in [-0.2, 0) is 11.2 Å². The molecule has 1 aromatic carbocycles. The Morgan fingerprint density at radius 1 is 1.29 bits per heavy atom. The first-order valence-corrected chi connectivity index (χ1v) is 6.70. The molecule has 1 N–H and O–H groups in total. The first-order valence-electron chi connectivity index (χ1n) is 6.70. The third-order valence-corrected chi connectivity index (χ3v) is 3.30. The summed E-state index contributed by atoms with van der Waals surface area (Å²) in [7, 11) is 0. The molecule has 0 atom stereocenters. The number of benzene rings is 1. The average Bonchev–Trinajstić information content (AvgIpc) is 2.84. The molecule has 0 bridgehead atoms. The van der Waals surface area contributed by atoms with Crippen LogP contribution in [0.4, 0.5) is 5.82 Å². The SMILES string of the molecule is Cc1ccc2onc(CC(=O)Nc3ncccc3C)c2c1. The molecular formula is C16H15N3O2. The maximum atomic E-state index is 12.1. The molecule has 0 fully saturated rings. The Morgan fingerprint density at radius 2 is 2.14 bits per heavy atom. The second-order valence-electron chi connectivity index (χ2n) is 5.02. The van der Waals surface area contributed by atoms with Gasteiger partial charge in [0, 0.05) is 11.6 Å². The number of nitrogens with one attached hydrogen (secondary N) is 1. The number of carbonyl (C=O) groups is 1. The standard InChI is InChI=1S/C16H15N3O2/c1-10-5-6-14-12(8-10)13(19-21-14)9-15(20)18-16-11(2)4-3-7-17-16/h3-8H,9H2,1-2H3,(H,17,18,20). The number of fused-ring (bicyclic) bond motifs is 1. The van der Waals surface area contributed by atoms with Gasteiger partial charge in [-0.15, -0.1) is 0 Å². The van der Waals surface area contributed by atoms with Crippen LogP contribution >= 0.6 is 0 Å². The summed E-state index contributed by atoms with van der Waals surface area (Å²) in [4.78, 5) is 16.3. The molecule has 3 rings (SSSR count). The number of aromatic nitrogens is 2. The largest absolute Gasteiger partial charge is 0.356 e. The number of hydrogen-bond donors (Lipinski definition) is 1. The lowest BCUT2D eigenvalue weighted by molar-refractivity contribution is -0.115. The second-order valence-corrected chi connectivity index (χ2v) is 5.02. The fourth-order valence-corrected chi connectivity index (χ4v) is 2.17. The van der Waals surface area contributed by atoms with Crippen molar-refractivity contribution in [2.45, 2.75) is 20.3 Å². The molecule has 0 spiro atoms. The summed E-state index contributed by atoms with van der Waals surface area (Å²) >= 11 is 0. The number of pyridine rings is 1. The highest BCUT2D eigenvalue weighted by molar-refractivity contribution is 5.94. The van der Waals surface area contributed by atoms with E-state index in [1.807, 2.05) is 44.2 Å². The smallest absolute Gasteiger partial charge is 0.231 e. The number of rotatable bonds is 3. The monoisotopic (exact) mass is 281 g/mol. The summed E-state index contributed by atoms with van der Waals surface area (Å²) in [5.41, 5.74) is 3.36. The van der Waals surface area contributed by atoms with Crippen molar-refractivity contribution >= 4 is 22.7 Å². The van der Waals surface area contributed by atoms with Gasteiger partial charge in [-0.1, -0.05) is 22.9 Å². The van der Waals surface area contributed by atoms with Gasteiger partial charge >= 0.3 is 0 Å². The fraction of sp³-hybridized carbons (Fsp3) is 0.188. The summed E-state index contributed by atoms with van der Waals surface area (Å²) in [6, 6.07) is 9.52. The van der Waals surface area contributed by atoms with Crippen LogP contribution < -0.4 is 5.32 Å². The predicted octanol–water partition coefficient (Wildman–Crippen LogP) is 3.02. The zero-order valence-electron chi connectivity index (χ0n) is 11.9. The highest BCUT2D eigenvalue weighted by Crippen LogP contribution is 2.20. The topological polar surface area (TPSA) is 68.0 Å². The van der Waals surface area contributed by atoms with Crippen molar-refractivity contribution in [3.05, 3.63) is 53.3 Å². The molecule has 0 aliphatic heterocycles. The zero-order chi connectivity index (χ0) is 14.8. The molecule has 3 aromatic rings. The summed E-state index contributed by atoms with van der Waals surface area (Å²) in [6.07, 6.45) is 1.81. The summed E-state index contributed by atoms with van der Waals surface area (Å²) in [5, 5.41) is 7.66. The second kappa shape index (κ2) is 5.36. The molecule has 2 aromatic heterocycles. The minimum absolute atomic E-state index is 0.159. The van der Waals surface area contributed by atoms with Crippen LogP contribution in [0.2, 0.25) is 0 Å². The van der Waals surface area contributed by atoms with Gasteiger partial charge in [0.15, 0.2) is 5.58 Å². The number of nitrogens with zero attached hydrogens (tertiary/aromatic N) is 2. The number of amides is 1. The van der Waals surface area contributed by atoms with Gasteiger partial charge in [-0.2, -0.15) is 0 Å². The van der Waals surface area contributed by atoms with Gasteiger partial charge in [0.05, 0.1) is 6.42 Å². The third-order valence-electron chi connectivity index (χ3n) is 3.30. The maximum absolute atomic E-state index is 12.1. The van der Waals surface area contributed by atoms with E-state index >= 15 is 0 Å². The number of anilines is 1. The van der Waals surface area contributed by atoms with Crippen LogP contribution in [0.5, 0.6) is 0 Å². The lowest BCUT2D eigenvalue weighted by atomic mass is 10.1. The highest BCUT2D eigenvalue weighted by Gasteiger charge is 2.13. The first-order chi connectivity index (χ1) is 10.1. The van der Waals surface area contributed by atoms with E-state index in [9.17, 15) is 4.79 Å². The minimum atomic E-state index is -0.159. The minimum Gasteiger partial charge on any atom is -0.356 e. The van der Waals surface area contributed by atoms with E-state index in [-0.39, 0.29) is 12.3 Å². The van der Waals surface area contributed by atoms with E-state index in [0.29, 0.717) is 17.1 Å². The van der Waals surface area contributed by atoms with Crippen LogP contribution in [0.3, 0.4) is 0 Å². The van der Waals surface area contributed by atoms with Crippen molar-refractivity contribution in [2.75, 3.05) is 5.32 Å². The molecule has 2 heterocycles. The van der Waals surface area contributed by atoms with E-state index in [1.54, 1.807) is 6.20 Å². The number of carbonyl (C=O) groups excluding carboxylic acids is 1. The average molecular weight is 281 g/mol. The van der Waals surface area contributed by atoms with Gasteiger partial charge in [-0.25, -0.2) is 4.98 Å². The Labute approximate surface area is 122 Å². The van der Waals surface area contributed by atoms with Crippen LogP contribution in [0.1, 0.15) is 16.8 Å². The fourth-order valence-electron chi connectivity index (χ4n) is 2.17. The van der Waals surface area contributed by atoms with Crippen molar-refractivity contribution in [3.8, 4) is 0 Å². The van der Waals surface area contributed by atoms with Crippen LogP contribution in [0, 0.1) is 13.8 Å². The Kier molecular flexibility index (Phi) is 3.39. The van der Waals surface area contributed by atoms with E-state index in [2.05, 4.69) is 15.5 Å². The first kappa shape index (κ1) is 13.3. The predicted molar refractivity (Wildman–Crippen MR) is 80.1 cm³/mol. The van der Waals surface area contributed by atoms with Crippen molar-refractivity contribution in [2.24, 2.45) is 0 Å². The Balaban J connectivity index is 1.80. The molecule has 0 saturated heterocycles. The van der Waals surface area contributed by atoms with Crippen LogP contribution in [0.15, 0.2) is 41.1 Å². The van der Waals surface area contributed by atoms with Gasteiger partial charge in [-0.05, 0) is 37.6 Å². The molecule has 5 nitrogen and oxygen atoms in total. The molecule has 0 radical (unpaired) electrons. The van der Waals surface area contributed by atoms with Crippen molar-refractivity contribution in [1.29, 1.82) is 0 Å². The van der Waals surface area contributed by atoms with Crippen molar-refractivity contribution < 1.29 is 9.32 Å². The molecule has 0 saturated carbocycles. The quantitative estimate of drug-likeness (QED) is 0.801. The number of aryl methyl sites for hydroxylation is 2. The molecular weight excluding hydrogens is 266 g/mol. The molecule has 5 heteroatoms. The third kappa shape index (κ3) is 2.76. The Hall–Kier alpha value is -2.69. The lowest BCUT2D eigenvalue weighted by Gasteiger charge is -2.05. The summed E-state index contributed by atoms with van der Waals surface area (Å²) in [6.45, 7) is 3.89. The van der Waals surface area contributed by atoms with E-state index in [4.69, 9.17) is 4.52 Å². The highest BCUT2D eigenvalue weighted by atomic mass is 16.5. The Morgan fingerprint density at radius 3 is 2.95 bits per heavy atom. The Bertz CT molecular complexity index is 808. The summed E-state index contributed by atoms with van der Waals surface area (Å²) in [5.74, 6) is 0.417. The van der Waals surface area contributed by atoms with Gasteiger partial charge < -0.3 is 9.84 Å². The van der Waals surface area contributed by atoms with Gasteiger partial charge in [0.2, 0.25) is 5.91 Å². The molecule has 0 aliphatic rings. The van der Waals surface area contributed by atoms with E-state index in [0.717, 1.165) is 16.5 Å². The maximum Gasteiger partial charge on any atom is 0.231 e. The number of hydrogen-bond acceptors (Lipinski definition) is 4. The molecule has 0 aliphatic carbocycles. The van der Waals surface area contributed by atoms with Crippen molar-refractivity contribution in [1.82, 2.24) is 10.1 Å². The lowest BCUT2D eigenvalue weighted by Crippen LogP contribution is -2.16. The van der Waals surface area contributed by atoms with E-state index < -0.39 is 0 Å². The van der Waals surface area contributed by atoms with Gasteiger partial charge in [0.1, 0.15) is 11.5 Å². The van der Waals surface area contributed by atoms with Gasteiger partial charge in [-0.3, -0.25) is 4.79 Å². The molecule has 0 unspecified atom stereocenters. The normalized spacial score (nSPS) is 10.8. The van der Waals surface area contributed by atoms with Crippen LogP contribution in [0.25, 0.3) is 11.0 Å². The zero-order valence-corrected chi connectivity index (χ0v) is 11.9. The molecule has 106 valence electrons. The van der Waals surface area contributed by atoms with Crippen LogP contribution in [-0.4, -0.2) is 16.0 Å².